The number of carbonyl (C=O) groups is 1. The number of carbonyl (C=O) groups excluding carboxylic acids is 1. The van der Waals surface area contributed by atoms with Gasteiger partial charge in [-0.15, -0.1) is 0 Å². The molecule has 1 aliphatic heterocycles. The number of aromatic nitrogens is 1. The summed E-state index contributed by atoms with van der Waals surface area (Å²) in [6.45, 7) is 6.27. The van der Waals surface area contributed by atoms with Crippen molar-refractivity contribution < 1.29 is 9.63 Å². The number of oxime groups is 1. The van der Waals surface area contributed by atoms with Crippen LogP contribution in [-0.2, 0) is 18.3 Å². The van der Waals surface area contributed by atoms with Crippen LogP contribution in [0.25, 0.3) is 0 Å². The number of nitrogens with zero attached hydrogens (tertiary/aromatic N) is 2. The van der Waals surface area contributed by atoms with Gasteiger partial charge in [-0.1, -0.05) is 19.0 Å². The van der Waals surface area contributed by atoms with E-state index in [2.05, 4.69) is 10.5 Å². The van der Waals surface area contributed by atoms with Crippen molar-refractivity contribution in [2.24, 2.45) is 12.2 Å². The zero-order valence-electron chi connectivity index (χ0n) is 13.6. The topological polar surface area (TPSA) is 72.7 Å². The van der Waals surface area contributed by atoms with Crippen LogP contribution in [0.1, 0.15) is 48.3 Å². The van der Waals surface area contributed by atoms with Gasteiger partial charge in [0.05, 0.1) is 12.3 Å². The number of hydrogen-bond acceptors (Lipinski definition) is 4. The SMILES string of the molecule is CCC1=NO[C@@H](CNC(=O)c2cc(C)c(CC)n(C)c2=O)C1. The third kappa shape index (κ3) is 3.21. The average molecular weight is 305 g/mol. The summed E-state index contributed by atoms with van der Waals surface area (Å²) < 4.78 is 1.55. The van der Waals surface area contributed by atoms with Crippen LogP contribution in [0.15, 0.2) is 16.0 Å². The standard InChI is InChI=1S/C16H23N3O3/c1-5-11-8-12(22-18-11)9-17-15(20)13-7-10(3)14(6-2)19(4)16(13)21/h7,12H,5-6,8-9H2,1-4H3,(H,17,20)/t12-/m1/s1. The summed E-state index contributed by atoms with van der Waals surface area (Å²) in [6.07, 6.45) is 2.19. The Balaban J connectivity index is 2.06. The Hall–Kier alpha value is -2.11. The summed E-state index contributed by atoms with van der Waals surface area (Å²) in [4.78, 5) is 29.8. The lowest BCUT2D eigenvalue weighted by atomic mass is 10.1. The first-order chi connectivity index (χ1) is 10.5. The van der Waals surface area contributed by atoms with Crippen LogP contribution >= 0.6 is 0 Å². The fourth-order valence-corrected chi connectivity index (χ4v) is 2.71. The summed E-state index contributed by atoms with van der Waals surface area (Å²) in [5, 5.41) is 6.72. The van der Waals surface area contributed by atoms with E-state index in [0.29, 0.717) is 6.54 Å². The summed E-state index contributed by atoms with van der Waals surface area (Å²) in [7, 11) is 1.70. The molecule has 0 unspecified atom stereocenters. The van der Waals surface area contributed by atoms with E-state index in [9.17, 15) is 9.59 Å². The van der Waals surface area contributed by atoms with Gasteiger partial charge in [-0.05, 0) is 31.4 Å². The van der Waals surface area contributed by atoms with E-state index in [-0.39, 0.29) is 23.1 Å². The summed E-state index contributed by atoms with van der Waals surface area (Å²) >= 11 is 0. The minimum absolute atomic E-state index is 0.140. The maximum Gasteiger partial charge on any atom is 0.263 e. The second kappa shape index (κ2) is 6.77. The van der Waals surface area contributed by atoms with Crippen LogP contribution < -0.4 is 10.9 Å². The van der Waals surface area contributed by atoms with Crippen molar-refractivity contribution in [1.29, 1.82) is 0 Å². The molecule has 1 amide bonds. The summed E-state index contributed by atoms with van der Waals surface area (Å²) in [5.41, 5.74) is 2.80. The normalized spacial score (nSPS) is 17.1. The highest BCUT2D eigenvalue weighted by atomic mass is 16.6. The van der Waals surface area contributed by atoms with Crippen LogP contribution in [0.5, 0.6) is 0 Å². The van der Waals surface area contributed by atoms with E-state index in [1.165, 1.54) is 0 Å². The van der Waals surface area contributed by atoms with Crippen LogP contribution in [0.3, 0.4) is 0 Å². The van der Waals surface area contributed by atoms with Crippen molar-refractivity contribution in [1.82, 2.24) is 9.88 Å². The van der Waals surface area contributed by atoms with Crippen molar-refractivity contribution in [3.8, 4) is 0 Å². The Labute approximate surface area is 130 Å². The predicted octanol–water partition coefficient (Wildman–Crippen LogP) is 1.54. The Morgan fingerprint density at radius 1 is 1.45 bits per heavy atom. The fraction of sp³-hybridized carbons (Fsp3) is 0.562. The van der Waals surface area contributed by atoms with Crippen molar-refractivity contribution in [2.75, 3.05) is 6.54 Å². The molecule has 0 saturated carbocycles. The van der Waals surface area contributed by atoms with Gasteiger partial charge in [-0.3, -0.25) is 9.59 Å². The maximum absolute atomic E-state index is 12.3. The average Bonchev–Trinajstić information content (AvgIpc) is 2.97. The van der Waals surface area contributed by atoms with Gasteiger partial charge in [0.25, 0.3) is 11.5 Å². The maximum atomic E-state index is 12.3. The van der Waals surface area contributed by atoms with Gasteiger partial charge in [-0.25, -0.2) is 0 Å². The minimum atomic E-state index is -0.361. The third-order valence-electron chi connectivity index (χ3n) is 4.03. The number of pyridine rings is 1. The second-order valence-corrected chi connectivity index (χ2v) is 5.56. The number of nitrogens with one attached hydrogen (secondary N) is 1. The van der Waals surface area contributed by atoms with Crippen molar-refractivity contribution in [3.63, 3.8) is 0 Å². The van der Waals surface area contributed by atoms with Crippen molar-refractivity contribution in [3.05, 3.63) is 33.2 Å². The molecule has 2 rings (SSSR count). The zero-order valence-corrected chi connectivity index (χ0v) is 13.6. The molecule has 6 heteroatoms. The molecule has 1 atom stereocenters. The lowest BCUT2D eigenvalue weighted by Gasteiger charge is -2.13. The van der Waals surface area contributed by atoms with Crippen LogP contribution in [0.2, 0.25) is 0 Å². The molecule has 6 nitrogen and oxygen atoms in total. The third-order valence-corrected chi connectivity index (χ3v) is 4.03. The molecule has 0 fully saturated rings. The first-order valence-corrected chi connectivity index (χ1v) is 7.67. The molecule has 0 aliphatic carbocycles. The number of rotatable bonds is 5. The van der Waals surface area contributed by atoms with Gasteiger partial charge in [-0.2, -0.15) is 0 Å². The van der Waals surface area contributed by atoms with Gasteiger partial charge in [0.2, 0.25) is 0 Å². The van der Waals surface area contributed by atoms with Gasteiger partial charge >= 0.3 is 0 Å². The van der Waals surface area contributed by atoms with Crippen LogP contribution in [0, 0.1) is 6.92 Å². The molecule has 1 aromatic rings. The van der Waals surface area contributed by atoms with Gasteiger partial charge in [0.15, 0.2) is 0 Å². The van der Waals surface area contributed by atoms with Gasteiger partial charge in [0.1, 0.15) is 11.7 Å². The van der Waals surface area contributed by atoms with Gasteiger partial charge < -0.3 is 14.7 Å². The number of aryl methyl sites for hydroxylation is 1. The molecule has 1 aromatic heterocycles. The second-order valence-electron chi connectivity index (χ2n) is 5.56. The van der Waals surface area contributed by atoms with E-state index in [1.54, 1.807) is 17.7 Å². The molecule has 0 spiro atoms. The largest absolute Gasteiger partial charge is 0.390 e. The first-order valence-electron chi connectivity index (χ1n) is 7.67. The molecule has 0 saturated heterocycles. The molecule has 2 heterocycles. The molecule has 1 aliphatic rings. The first kappa shape index (κ1) is 16.3. The molecular weight excluding hydrogens is 282 g/mol. The fourth-order valence-electron chi connectivity index (χ4n) is 2.71. The van der Waals surface area contributed by atoms with E-state index >= 15 is 0 Å². The Morgan fingerprint density at radius 3 is 2.77 bits per heavy atom. The summed E-state index contributed by atoms with van der Waals surface area (Å²) in [6, 6.07) is 1.67. The molecule has 22 heavy (non-hydrogen) atoms. The molecule has 1 N–H and O–H groups in total. The highest BCUT2D eigenvalue weighted by Gasteiger charge is 2.22. The predicted molar refractivity (Wildman–Crippen MR) is 85.3 cm³/mol. The van der Waals surface area contributed by atoms with Crippen LogP contribution in [-0.4, -0.2) is 28.8 Å². The highest BCUT2D eigenvalue weighted by Crippen LogP contribution is 2.12. The smallest absolute Gasteiger partial charge is 0.263 e. The molecule has 0 aromatic carbocycles. The molecular formula is C16H23N3O3. The number of amides is 1. The van der Waals surface area contributed by atoms with E-state index in [0.717, 1.165) is 36.2 Å². The monoisotopic (exact) mass is 305 g/mol. The van der Waals surface area contributed by atoms with Crippen molar-refractivity contribution >= 4 is 11.6 Å². The lowest BCUT2D eigenvalue weighted by Crippen LogP contribution is -2.37. The van der Waals surface area contributed by atoms with E-state index in [1.807, 2.05) is 20.8 Å². The highest BCUT2D eigenvalue weighted by molar-refractivity contribution is 5.94. The van der Waals surface area contributed by atoms with Crippen LogP contribution in [0.4, 0.5) is 0 Å². The Bertz CT molecular complexity index is 661. The van der Waals surface area contributed by atoms with Crippen molar-refractivity contribution in [2.45, 2.75) is 46.1 Å². The Morgan fingerprint density at radius 2 is 2.18 bits per heavy atom. The lowest BCUT2D eigenvalue weighted by molar-refractivity contribution is 0.0752. The molecule has 0 radical (unpaired) electrons. The van der Waals surface area contributed by atoms with E-state index < -0.39 is 0 Å². The number of hydrogen-bond donors (Lipinski definition) is 1. The summed E-state index contributed by atoms with van der Waals surface area (Å²) in [5.74, 6) is -0.361. The minimum Gasteiger partial charge on any atom is -0.390 e. The van der Waals surface area contributed by atoms with E-state index in [4.69, 9.17) is 4.84 Å². The molecule has 120 valence electrons. The van der Waals surface area contributed by atoms with Gasteiger partial charge in [0, 0.05) is 19.2 Å². The molecule has 0 bridgehead atoms. The Kier molecular flexibility index (Phi) is 5.00. The zero-order chi connectivity index (χ0) is 16.3. The quantitative estimate of drug-likeness (QED) is 0.897.